The number of hydrogen-bond donors (Lipinski definition) is 1. The number of rotatable bonds is 1. The summed E-state index contributed by atoms with van der Waals surface area (Å²) in [6.07, 6.45) is 2.13. The maximum atomic E-state index is 11.7. The van der Waals surface area contributed by atoms with Crippen LogP contribution in [0.3, 0.4) is 0 Å². The van der Waals surface area contributed by atoms with E-state index in [2.05, 4.69) is 11.1 Å². The summed E-state index contributed by atoms with van der Waals surface area (Å²) in [4.78, 5) is 17.7. The Bertz CT molecular complexity index is 614. The van der Waals surface area contributed by atoms with Crippen LogP contribution in [0.5, 0.6) is 0 Å². The molecule has 1 aromatic rings. The Morgan fingerprint density at radius 1 is 1.52 bits per heavy atom. The highest BCUT2D eigenvalue weighted by molar-refractivity contribution is 5.88. The van der Waals surface area contributed by atoms with E-state index in [0.717, 1.165) is 24.9 Å². The largest absolute Gasteiger partial charge is 0.463 e. The van der Waals surface area contributed by atoms with Crippen LogP contribution in [0.25, 0.3) is 0 Å². The number of carbonyl (C=O) groups is 1. The Labute approximate surface area is 123 Å². The molecule has 0 radical (unpaired) electrons. The fourth-order valence-corrected chi connectivity index (χ4v) is 3.15. The third-order valence-electron chi connectivity index (χ3n) is 4.25. The van der Waals surface area contributed by atoms with Crippen molar-refractivity contribution in [3.05, 3.63) is 29.3 Å². The zero-order valence-electron chi connectivity index (χ0n) is 12.3. The summed E-state index contributed by atoms with van der Waals surface area (Å²) >= 11 is 0. The van der Waals surface area contributed by atoms with Gasteiger partial charge in [0.1, 0.15) is 12.1 Å². The maximum absolute atomic E-state index is 11.7. The van der Waals surface area contributed by atoms with Crippen molar-refractivity contribution in [2.24, 2.45) is 10.7 Å². The van der Waals surface area contributed by atoms with E-state index in [0.29, 0.717) is 6.61 Å². The third kappa shape index (κ3) is 2.30. The number of hydrogen-bond acceptors (Lipinski definition) is 5. The number of nitrogens with two attached hydrogens (primary N) is 1. The van der Waals surface area contributed by atoms with Crippen molar-refractivity contribution in [1.29, 1.82) is 0 Å². The number of benzene rings is 1. The van der Waals surface area contributed by atoms with E-state index in [1.54, 1.807) is 11.9 Å². The number of nitrogens with zero attached hydrogens (tertiary/aromatic N) is 2. The molecule has 0 aromatic heterocycles. The molecule has 1 spiro atoms. The van der Waals surface area contributed by atoms with Crippen molar-refractivity contribution < 1.29 is 14.3 Å². The number of fused-ring (bicyclic) bond motifs is 1. The van der Waals surface area contributed by atoms with Gasteiger partial charge in [-0.05, 0) is 30.0 Å². The minimum Gasteiger partial charge on any atom is -0.463 e. The summed E-state index contributed by atoms with van der Waals surface area (Å²) in [6, 6.07) is 6.25. The van der Waals surface area contributed by atoms with Crippen LogP contribution < -0.4 is 10.6 Å². The second kappa shape index (κ2) is 4.95. The van der Waals surface area contributed by atoms with Crippen LogP contribution in [0.15, 0.2) is 23.2 Å². The predicted molar refractivity (Wildman–Crippen MR) is 79.6 cm³/mol. The average Bonchev–Trinajstić information content (AvgIpc) is 2.85. The van der Waals surface area contributed by atoms with E-state index >= 15 is 0 Å². The summed E-state index contributed by atoms with van der Waals surface area (Å²) in [5.74, 6) is 0. The van der Waals surface area contributed by atoms with Gasteiger partial charge in [-0.3, -0.25) is 4.90 Å². The third-order valence-corrected chi connectivity index (χ3v) is 4.25. The average molecular weight is 289 g/mol. The Balaban J connectivity index is 1.93. The molecular formula is C15H19N3O3. The zero-order valence-corrected chi connectivity index (χ0v) is 12.3. The fraction of sp³-hybridized carbons (Fsp3) is 0.467. The summed E-state index contributed by atoms with van der Waals surface area (Å²) in [6.45, 7) is 0.537. The molecule has 112 valence electrons. The molecule has 1 atom stereocenters. The van der Waals surface area contributed by atoms with Gasteiger partial charge in [0, 0.05) is 13.5 Å². The lowest BCUT2D eigenvalue weighted by Crippen LogP contribution is -2.36. The number of amides is 1. The molecule has 6 nitrogen and oxygen atoms in total. The van der Waals surface area contributed by atoms with Crippen molar-refractivity contribution in [3.63, 3.8) is 0 Å². The number of ether oxygens (including phenoxy) is 2. The summed E-state index contributed by atoms with van der Waals surface area (Å²) in [5.41, 5.74) is 8.68. The highest BCUT2D eigenvalue weighted by Crippen LogP contribution is 2.38. The van der Waals surface area contributed by atoms with E-state index in [4.69, 9.17) is 15.2 Å². The van der Waals surface area contributed by atoms with E-state index in [1.807, 2.05) is 12.1 Å². The summed E-state index contributed by atoms with van der Waals surface area (Å²) < 4.78 is 10.1. The van der Waals surface area contributed by atoms with Crippen molar-refractivity contribution in [3.8, 4) is 0 Å². The zero-order chi connectivity index (χ0) is 15.0. The van der Waals surface area contributed by atoms with Crippen LogP contribution >= 0.6 is 0 Å². The summed E-state index contributed by atoms with van der Waals surface area (Å²) in [7, 11) is 3.11. The van der Waals surface area contributed by atoms with Gasteiger partial charge in [0.2, 0.25) is 0 Å². The Hall–Kier alpha value is -2.24. The van der Waals surface area contributed by atoms with Crippen LogP contribution in [0.1, 0.15) is 17.5 Å². The van der Waals surface area contributed by atoms with E-state index in [9.17, 15) is 4.79 Å². The number of amidine groups is 1. The first-order chi connectivity index (χ1) is 10.0. The normalized spacial score (nSPS) is 23.2. The molecule has 2 N–H and O–H groups in total. The summed E-state index contributed by atoms with van der Waals surface area (Å²) in [5, 5.41) is 0. The minimum absolute atomic E-state index is 0.237. The number of aliphatic imine (C=N–C) groups is 1. The molecule has 0 fully saturated rings. The standard InChI is InChI=1S/C15H19N3O3/c1-18(14(19)20-2)12-5-3-4-10-8-15(7-6-11(10)12)9-21-13(16)17-15/h3-5H,6-9H2,1-2H3,(H2,16,17). The van der Waals surface area contributed by atoms with E-state index < -0.39 is 0 Å². The first-order valence-corrected chi connectivity index (χ1v) is 6.95. The second-order valence-corrected chi connectivity index (χ2v) is 5.58. The number of methoxy groups -OCH3 is 1. The van der Waals surface area contributed by atoms with Crippen LogP contribution in [-0.2, 0) is 22.3 Å². The van der Waals surface area contributed by atoms with Gasteiger partial charge in [0.25, 0.3) is 6.02 Å². The minimum atomic E-state index is -0.366. The highest BCUT2D eigenvalue weighted by atomic mass is 16.5. The van der Waals surface area contributed by atoms with Gasteiger partial charge in [-0.15, -0.1) is 0 Å². The topological polar surface area (TPSA) is 77.1 Å². The van der Waals surface area contributed by atoms with Crippen LogP contribution in [0.2, 0.25) is 0 Å². The molecule has 1 amide bonds. The van der Waals surface area contributed by atoms with Crippen LogP contribution in [0, 0.1) is 0 Å². The van der Waals surface area contributed by atoms with Crippen LogP contribution in [-0.4, -0.2) is 38.4 Å². The molecule has 6 heteroatoms. The Morgan fingerprint density at radius 3 is 3.00 bits per heavy atom. The van der Waals surface area contributed by atoms with Gasteiger partial charge in [-0.25, -0.2) is 9.79 Å². The molecule has 2 aliphatic rings. The van der Waals surface area contributed by atoms with E-state index in [1.165, 1.54) is 18.2 Å². The van der Waals surface area contributed by atoms with Gasteiger partial charge >= 0.3 is 6.09 Å². The lowest BCUT2D eigenvalue weighted by atomic mass is 9.78. The van der Waals surface area contributed by atoms with Gasteiger partial charge in [-0.2, -0.15) is 0 Å². The molecule has 3 rings (SSSR count). The molecule has 21 heavy (non-hydrogen) atoms. The fourth-order valence-electron chi connectivity index (χ4n) is 3.15. The molecule has 1 aliphatic carbocycles. The first kappa shape index (κ1) is 13.7. The Kier molecular flexibility index (Phi) is 3.23. The van der Waals surface area contributed by atoms with Gasteiger partial charge in [0.05, 0.1) is 12.8 Å². The van der Waals surface area contributed by atoms with Crippen molar-refractivity contribution in [1.82, 2.24) is 0 Å². The molecule has 1 aromatic carbocycles. The SMILES string of the molecule is COC(=O)N(C)c1cccc2c1CCC1(COC(N)=N1)C2. The smallest absolute Gasteiger partial charge is 0.413 e. The molecule has 1 aliphatic heterocycles. The van der Waals surface area contributed by atoms with Crippen molar-refractivity contribution >= 4 is 17.8 Å². The highest BCUT2D eigenvalue weighted by Gasteiger charge is 2.40. The molecule has 0 bridgehead atoms. The number of carbonyl (C=O) groups excluding carboxylic acids is 1. The number of anilines is 1. The molecule has 1 heterocycles. The quantitative estimate of drug-likeness (QED) is 0.849. The van der Waals surface area contributed by atoms with E-state index in [-0.39, 0.29) is 17.7 Å². The van der Waals surface area contributed by atoms with Crippen molar-refractivity contribution in [2.45, 2.75) is 24.8 Å². The van der Waals surface area contributed by atoms with Gasteiger partial charge in [-0.1, -0.05) is 12.1 Å². The van der Waals surface area contributed by atoms with Crippen LogP contribution in [0.4, 0.5) is 10.5 Å². The molecule has 0 saturated heterocycles. The Morgan fingerprint density at radius 2 is 2.33 bits per heavy atom. The lowest BCUT2D eigenvalue weighted by molar-refractivity contribution is 0.180. The van der Waals surface area contributed by atoms with Crippen molar-refractivity contribution in [2.75, 3.05) is 25.7 Å². The molecular weight excluding hydrogens is 270 g/mol. The second-order valence-electron chi connectivity index (χ2n) is 5.58. The van der Waals surface area contributed by atoms with Gasteiger partial charge < -0.3 is 15.2 Å². The maximum Gasteiger partial charge on any atom is 0.413 e. The molecule has 1 unspecified atom stereocenters. The van der Waals surface area contributed by atoms with Gasteiger partial charge in [0.15, 0.2) is 0 Å². The predicted octanol–water partition coefficient (Wildman–Crippen LogP) is 1.46. The molecule has 0 saturated carbocycles. The lowest BCUT2D eigenvalue weighted by Gasteiger charge is -2.32. The monoisotopic (exact) mass is 289 g/mol. The first-order valence-electron chi connectivity index (χ1n) is 6.95.